The molecule has 0 radical (unpaired) electrons. The van der Waals surface area contributed by atoms with Gasteiger partial charge in [0.25, 0.3) is 6.01 Å². The van der Waals surface area contributed by atoms with Crippen LogP contribution in [-0.4, -0.2) is 48.6 Å². The number of nitrogens with zero attached hydrogens (tertiary/aromatic N) is 2. The molecule has 0 aromatic carbocycles. The highest BCUT2D eigenvalue weighted by molar-refractivity contribution is 5.87. The third-order valence-electron chi connectivity index (χ3n) is 2.87. The summed E-state index contributed by atoms with van der Waals surface area (Å²) in [5.41, 5.74) is 0.139. The lowest BCUT2D eigenvalue weighted by Gasteiger charge is -2.32. The minimum absolute atomic E-state index is 0.0431. The smallest absolute Gasteiger partial charge is 0.360 e. The summed E-state index contributed by atoms with van der Waals surface area (Å²) in [6.45, 7) is 6.91. The van der Waals surface area contributed by atoms with Crippen molar-refractivity contribution >= 4 is 12.0 Å². The molecule has 0 fully saturated rings. The van der Waals surface area contributed by atoms with Crippen LogP contribution in [0.3, 0.4) is 0 Å². The number of oxazole rings is 1. The average molecular weight is 255 g/mol. The maximum Gasteiger partial charge on any atom is 0.360 e. The van der Waals surface area contributed by atoms with Crippen LogP contribution in [0.4, 0.5) is 6.01 Å². The third-order valence-corrected chi connectivity index (χ3v) is 2.87. The van der Waals surface area contributed by atoms with Crippen molar-refractivity contribution < 1.29 is 13.9 Å². The molecular weight excluding hydrogens is 234 g/mol. The first kappa shape index (κ1) is 14.5. The highest BCUT2D eigenvalue weighted by atomic mass is 16.5. The molecular formula is C12H21N3O3. The lowest BCUT2D eigenvalue weighted by atomic mass is 10.1. The molecule has 0 aliphatic rings. The number of hydrogen-bond donors (Lipinski definition) is 1. The molecule has 102 valence electrons. The lowest BCUT2D eigenvalue weighted by molar-refractivity contribution is 0.0519. The second-order valence-electron chi connectivity index (χ2n) is 4.82. The molecule has 6 heteroatoms. The predicted molar refractivity (Wildman–Crippen MR) is 68.7 cm³/mol. The van der Waals surface area contributed by atoms with Gasteiger partial charge in [0.1, 0.15) is 6.26 Å². The van der Waals surface area contributed by atoms with Gasteiger partial charge in [-0.15, -0.1) is 0 Å². The van der Waals surface area contributed by atoms with Gasteiger partial charge in [-0.25, -0.2) is 4.79 Å². The number of nitrogens with one attached hydrogen (secondary N) is 1. The molecule has 1 rings (SSSR count). The molecule has 1 aromatic rings. The molecule has 0 aliphatic heterocycles. The van der Waals surface area contributed by atoms with Crippen LogP contribution in [0.2, 0.25) is 0 Å². The number of rotatable bonds is 6. The topological polar surface area (TPSA) is 67.6 Å². The number of likely N-dealkylation sites (N-methyl/N-ethyl adjacent to an activating group) is 1. The zero-order valence-electron chi connectivity index (χ0n) is 11.6. The lowest BCUT2D eigenvalue weighted by Crippen LogP contribution is -2.44. The summed E-state index contributed by atoms with van der Waals surface area (Å²) in [6.07, 6.45) is 1.29. The van der Waals surface area contributed by atoms with Crippen LogP contribution in [0.1, 0.15) is 31.3 Å². The van der Waals surface area contributed by atoms with E-state index < -0.39 is 5.97 Å². The van der Waals surface area contributed by atoms with Gasteiger partial charge in [0.05, 0.1) is 6.61 Å². The highest BCUT2D eigenvalue weighted by Crippen LogP contribution is 2.13. The van der Waals surface area contributed by atoms with Crippen LogP contribution in [0, 0.1) is 0 Å². The minimum atomic E-state index is -0.471. The molecule has 1 heterocycles. The first-order chi connectivity index (χ1) is 8.36. The second-order valence-corrected chi connectivity index (χ2v) is 4.82. The number of esters is 1. The van der Waals surface area contributed by atoms with E-state index in [1.165, 1.54) is 6.26 Å². The van der Waals surface area contributed by atoms with E-state index in [4.69, 9.17) is 9.15 Å². The van der Waals surface area contributed by atoms with Crippen molar-refractivity contribution in [3.8, 4) is 0 Å². The van der Waals surface area contributed by atoms with Crippen LogP contribution in [-0.2, 0) is 4.74 Å². The van der Waals surface area contributed by atoms with Crippen molar-refractivity contribution in [3.63, 3.8) is 0 Å². The van der Waals surface area contributed by atoms with E-state index in [1.807, 2.05) is 14.1 Å². The van der Waals surface area contributed by atoms with Gasteiger partial charge in [0.2, 0.25) is 0 Å². The Hall–Kier alpha value is -1.56. The standard InChI is InChI=1S/C12H21N3O3/c1-6-17-10(16)9-7-18-11(14-9)13-8-12(2,3)15(4)5/h7H,6,8H2,1-5H3,(H,13,14). The Bertz CT molecular complexity index is 399. The van der Waals surface area contributed by atoms with Crippen molar-refractivity contribution in [3.05, 3.63) is 12.0 Å². The fourth-order valence-corrected chi connectivity index (χ4v) is 1.10. The predicted octanol–water partition coefficient (Wildman–Crippen LogP) is 1.60. The van der Waals surface area contributed by atoms with E-state index in [9.17, 15) is 4.79 Å². The van der Waals surface area contributed by atoms with E-state index in [2.05, 4.69) is 29.0 Å². The summed E-state index contributed by atoms with van der Waals surface area (Å²) < 4.78 is 9.99. The third kappa shape index (κ3) is 3.73. The van der Waals surface area contributed by atoms with Gasteiger partial charge in [-0.05, 0) is 34.9 Å². The maximum absolute atomic E-state index is 11.4. The Balaban J connectivity index is 2.57. The highest BCUT2D eigenvalue weighted by Gasteiger charge is 2.21. The minimum Gasteiger partial charge on any atom is -0.461 e. The molecule has 0 saturated heterocycles. The molecule has 0 unspecified atom stereocenters. The number of hydrogen-bond acceptors (Lipinski definition) is 6. The van der Waals surface area contributed by atoms with E-state index >= 15 is 0 Å². The number of carbonyl (C=O) groups is 1. The van der Waals surface area contributed by atoms with Crippen molar-refractivity contribution in [2.24, 2.45) is 0 Å². The SMILES string of the molecule is CCOC(=O)c1coc(NCC(C)(C)N(C)C)n1. The molecule has 1 N–H and O–H groups in total. The van der Waals surface area contributed by atoms with Gasteiger partial charge in [-0.3, -0.25) is 0 Å². The van der Waals surface area contributed by atoms with Crippen LogP contribution in [0.15, 0.2) is 10.7 Å². The van der Waals surface area contributed by atoms with E-state index in [0.29, 0.717) is 19.2 Å². The van der Waals surface area contributed by atoms with Gasteiger partial charge in [0, 0.05) is 12.1 Å². The summed E-state index contributed by atoms with van der Waals surface area (Å²) in [6, 6.07) is 0.327. The fraction of sp³-hybridized carbons (Fsp3) is 0.667. The molecule has 0 amide bonds. The summed E-state index contributed by atoms with van der Waals surface area (Å²) in [7, 11) is 4.00. The number of carbonyl (C=O) groups excluding carboxylic acids is 1. The molecule has 0 atom stereocenters. The fourth-order valence-electron chi connectivity index (χ4n) is 1.10. The molecule has 0 bridgehead atoms. The van der Waals surface area contributed by atoms with Gasteiger partial charge in [0.15, 0.2) is 5.69 Å². The monoisotopic (exact) mass is 255 g/mol. The van der Waals surface area contributed by atoms with Crippen molar-refractivity contribution in [2.45, 2.75) is 26.3 Å². The molecule has 0 spiro atoms. The summed E-state index contributed by atoms with van der Waals surface area (Å²) >= 11 is 0. The van der Waals surface area contributed by atoms with Gasteiger partial charge in [-0.2, -0.15) is 4.98 Å². The second kappa shape index (κ2) is 5.86. The Morgan fingerprint density at radius 1 is 1.56 bits per heavy atom. The summed E-state index contributed by atoms with van der Waals surface area (Å²) in [5.74, 6) is -0.471. The van der Waals surface area contributed by atoms with Gasteiger partial charge < -0.3 is 19.4 Å². The molecule has 18 heavy (non-hydrogen) atoms. The van der Waals surface area contributed by atoms with Gasteiger partial charge in [-0.1, -0.05) is 0 Å². The van der Waals surface area contributed by atoms with Crippen molar-refractivity contribution in [2.75, 3.05) is 32.6 Å². The molecule has 1 aromatic heterocycles. The normalized spacial score (nSPS) is 11.7. The summed E-state index contributed by atoms with van der Waals surface area (Å²) in [5, 5.41) is 3.06. The molecule has 6 nitrogen and oxygen atoms in total. The Morgan fingerprint density at radius 2 is 2.22 bits per heavy atom. The number of ether oxygens (including phenoxy) is 1. The average Bonchev–Trinajstić information content (AvgIpc) is 2.75. The maximum atomic E-state index is 11.4. The number of aromatic nitrogens is 1. The number of anilines is 1. The first-order valence-corrected chi connectivity index (χ1v) is 5.90. The quantitative estimate of drug-likeness (QED) is 0.779. The van der Waals surface area contributed by atoms with Crippen molar-refractivity contribution in [1.82, 2.24) is 9.88 Å². The van der Waals surface area contributed by atoms with E-state index in [0.717, 1.165) is 0 Å². The van der Waals surface area contributed by atoms with Crippen LogP contribution < -0.4 is 5.32 Å². The van der Waals surface area contributed by atoms with Crippen LogP contribution in [0.25, 0.3) is 0 Å². The Labute approximate surface area is 107 Å². The molecule has 0 aliphatic carbocycles. The van der Waals surface area contributed by atoms with E-state index in [-0.39, 0.29) is 11.2 Å². The zero-order chi connectivity index (χ0) is 13.8. The molecule has 0 saturated carbocycles. The Morgan fingerprint density at radius 3 is 2.78 bits per heavy atom. The first-order valence-electron chi connectivity index (χ1n) is 5.90. The Kier molecular flexibility index (Phi) is 4.72. The summed E-state index contributed by atoms with van der Waals surface area (Å²) in [4.78, 5) is 17.5. The van der Waals surface area contributed by atoms with Gasteiger partial charge >= 0.3 is 5.97 Å². The largest absolute Gasteiger partial charge is 0.461 e. The van der Waals surface area contributed by atoms with Crippen LogP contribution >= 0.6 is 0 Å². The zero-order valence-corrected chi connectivity index (χ0v) is 11.6. The van der Waals surface area contributed by atoms with Crippen molar-refractivity contribution in [1.29, 1.82) is 0 Å². The van der Waals surface area contributed by atoms with Crippen LogP contribution in [0.5, 0.6) is 0 Å². The van der Waals surface area contributed by atoms with E-state index in [1.54, 1.807) is 6.92 Å².